The molecule has 2 rings (SSSR count). The van der Waals surface area contributed by atoms with Crippen LogP contribution in [0.1, 0.15) is 11.1 Å². The second-order valence-corrected chi connectivity index (χ2v) is 5.21. The summed E-state index contributed by atoms with van der Waals surface area (Å²) >= 11 is 10.6. The Morgan fingerprint density at radius 3 is 2.91 bits per heavy atom. The van der Waals surface area contributed by atoms with Gasteiger partial charge in [-0.3, -0.25) is 5.43 Å². The molecule has 0 radical (unpaired) electrons. The zero-order valence-electron chi connectivity index (χ0n) is 11.4. The van der Waals surface area contributed by atoms with Crippen LogP contribution in [-0.4, -0.2) is 11.3 Å². The van der Waals surface area contributed by atoms with Gasteiger partial charge >= 0.3 is 0 Å². The van der Waals surface area contributed by atoms with Gasteiger partial charge in [0.2, 0.25) is 0 Å². The number of hydrogen-bond acceptors (Lipinski definition) is 3. The number of halogens is 2. The first-order valence-corrected chi connectivity index (χ1v) is 7.08. The smallest absolute Gasteiger partial charge is 0.184 e. The summed E-state index contributed by atoms with van der Waals surface area (Å²) in [7, 11) is 0. The van der Waals surface area contributed by atoms with Gasteiger partial charge in [-0.05, 0) is 48.1 Å². The molecule has 2 aromatic rings. The normalized spacial score (nSPS) is 10.6. The summed E-state index contributed by atoms with van der Waals surface area (Å²) < 4.78 is 18.8. The summed E-state index contributed by atoms with van der Waals surface area (Å²) in [6.07, 6.45) is 1.49. The van der Waals surface area contributed by atoms with Gasteiger partial charge in [-0.15, -0.1) is 0 Å². The molecule has 0 fully saturated rings. The minimum Gasteiger partial charge on any atom is -0.488 e. The number of nitrogens with zero attached hydrogens (tertiary/aromatic N) is 1. The van der Waals surface area contributed by atoms with Crippen LogP contribution < -0.4 is 15.9 Å². The van der Waals surface area contributed by atoms with E-state index in [1.165, 1.54) is 18.3 Å². The lowest BCUT2D eigenvalue weighted by molar-refractivity contribution is 0.305. The van der Waals surface area contributed by atoms with Crippen molar-refractivity contribution in [2.45, 2.75) is 6.61 Å². The van der Waals surface area contributed by atoms with E-state index in [4.69, 9.17) is 22.1 Å². The van der Waals surface area contributed by atoms with Gasteiger partial charge in [0.25, 0.3) is 0 Å². The van der Waals surface area contributed by atoms with Gasteiger partial charge < -0.3 is 10.5 Å². The third-order valence-electron chi connectivity index (χ3n) is 2.63. The Bertz CT molecular complexity index is 709. The average Bonchev–Trinajstić information content (AvgIpc) is 2.46. The van der Waals surface area contributed by atoms with E-state index >= 15 is 0 Å². The quantitative estimate of drug-likeness (QED) is 0.499. The van der Waals surface area contributed by atoms with Crippen LogP contribution in [0.15, 0.2) is 47.6 Å². The molecule has 3 N–H and O–H groups in total. The average molecular weight is 338 g/mol. The highest BCUT2D eigenvalue weighted by molar-refractivity contribution is 7.80. The number of rotatable bonds is 5. The largest absolute Gasteiger partial charge is 0.488 e. The molecular weight excluding hydrogens is 325 g/mol. The van der Waals surface area contributed by atoms with Crippen LogP contribution in [-0.2, 0) is 6.61 Å². The van der Waals surface area contributed by atoms with Crippen molar-refractivity contribution in [2.75, 3.05) is 0 Å². The second-order valence-electron chi connectivity index (χ2n) is 4.33. The van der Waals surface area contributed by atoms with Crippen LogP contribution in [0.3, 0.4) is 0 Å². The van der Waals surface area contributed by atoms with Crippen molar-refractivity contribution < 1.29 is 9.13 Å². The van der Waals surface area contributed by atoms with Crippen LogP contribution in [0.4, 0.5) is 4.39 Å². The first-order chi connectivity index (χ1) is 10.5. The van der Waals surface area contributed by atoms with Gasteiger partial charge in [-0.25, -0.2) is 4.39 Å². The van der Waals surface area contributed by atoms with E-state index in [-0.39, 0.29) is 17.5 Å². The van der Waals surface area contributed by atoms with E-state index in [1.54, 1.807) is 30.3 Å². The fraction of sp³-hybridized carbons (Fsp3) is 0.0667. The summed E-state index contributed by atoms with van der Waals surface area (Å²) in [6, 6.07) is 11.3. The van der Waals surface area contributed by atoms with Crippen LogP contribution >= 0.6 is 23.8 Å². The summed E-state index contributed by atoms with van der Waals surface area (Å²) in [5.41, 5.74) is 9.11. The number of nitrogens with two attached hydrogens (primary N) is 1. The van der Waals surface area contributed by atoms with Crippen LogP contribution in [0, 0.1) is 5.82 Å². The summed E-state index contributed by atoms with van der Waals surface area (Å²) in [5.74, 6) is 0.252. The molecule has 0 saturated carbocycles. The van der Waals surface area contributed by atoms with E-state index in [0.717, 1.165) is 5.56 Å². The van der Waals surface area contributed by atoms with E-state index in [1.807, 2.05) is 0 Å². The van der Waals surface area contributed by atoms with Gasteiger partial charge in [0.15, 0.2) is 5.11 Å². The Balaban J connectivity index is 2.12. The number of nitrogens with one attached hydrogen (secondary N) is 1. The molecule has 22 heavy (non-hydrogen) atoms. The van der Waals surface area contributed by atoms with Gasteiger partial charge in [-0.2, -0.15) is 5.10 Å². The predicted octanol–water partition coefficient (Wildman–Crippen LogP) is 3.23. The minimum absolute atomic E-state index is 0.0560. The summed E-state index contributed by atoms with van der Waals surface area (Å²) in [4.78, 5) is 0. The zero-order chi connectivity index (χ0) is 15.9. The number of thiocarbonyl (C=S) groups is 1. The maximum absolute atomic E-state index is 13.1. The molecule has 4 nitrogen and oxygen atoms in total. The summed E-state index contributed by atoms with van der Waals surface area (Å²) in [6.45, 7) is 0.225. The second kappa shape index (κ2) is 7.72. The molecule has 114 valence electrons. The Morgan fingerprint density at radius 2 is 2.18 bits per heavy atom. The number of benzene rings is 2. The molecule has 0 aromatic heterocycles. The summed E-state index contributed by atoms with van der Waals surface area (Å²) in [5, 5.41) is 4.47. The van der Waals surface area contributed by atoms with Gasteiger partial charge in [0.1, 0.15) is 18.2 Å². The highest BCUT2D eigenvalue weighted by Gasteiger charge is 2.04. The van der Waals surface area contributed by atoms with E-state index in [0.29, 0.717) is 16.3 Å². The van der Waals surface area contributed by atoms with Crippen LogP contribution in [0.25, 0.3) is 0 Å². The fourth-order valence-corrected chi connectivity index (χ4v) is 1.94. The topological polar surface area (TPSA) is 59.6 Å². The molecule has 0 aliphatic rings. The van der Waals surface area contributed by atoms with Crippen molar-refractivity contribution in [1.29, 1.82) is 0 Å². The standard InChI is InChI=1S/C15H13ClFN3OS/c16-12-4-5-14(11(7-12)8-19-20-15(18)22)21-9-10-2-1-3-13(17)6-10/h1-8H,9H2,(H3,18,20,22). The lowest BCUT2D eigenvalue weighted by Gasteiger charge is -2.09. The highest BCUT2D eigenvalue weighted by Crippen LogP contribution is 2.22. The van der Waals surface area contributed by atoms with E-state index in [2.05, 4.69) is 22.7 Å². The maximum Gasteiger partial charge on any atom is 0.184 e. The maximum atomic E-state index is 13.1. The predicted molar refractivity (Wildman–Crippen MR) is 89.7 cm³/mol. The first-order valence-electron chi connectivity index (χ1n) is 6.30. The Morgan fingerprint density at radius 1 is 1.36 bits per heavy atom. The van der Waals surface area contributed by atoms with Crippen molar-refractivity contribution in [1.82, 2.24) is 5.43 Å². The molecule has 0 saturated heterocycles. The lowest BCUT2D eigenvalue weighted by atomic mass is 10.2. The Kier molecular flexibility index (Phi) is 5.68. The SMILES string of the molecule is NC(=S)NN=Cc1cc(Cl)ccc1OCc1cccc(F)c1. The number of hydrazone groups is 1. The molecule has 0 unspecified atom stereocenters. The van der Waals surface area contributed by atoms with Crippen molar-refractivity contribution in [3.8, 4) is 5.75 Å². The molecule has 0 heterocycles. The number of hydrogen-bond donors (Lipinski definition) is 2. The third-order valence-corrected chi connectivity index (χ3v) is 2.96. The molecule has 0 amide bonds. The first kappa shape index (κ1) is 16.2. The highest BCUT2D eigenvalue weighted by atomic mass is 35.5. The zero-order valence-corrected chi connectivity index (χ0v) is 13.0. The van der Waals surface area contributed by atoms with Gasteiger partial charge in [0.05, 0.1) is 6.21 Å². The molecular formula is C15H13ClFN3OS. The van der Waals surface area contributed by atoms with Gasteiger partial charge in [-0.1, -0.05) is 23.7 Å². The Hall–Kier alpha value is -2.18. The van der Waals surface area contributed by atoms with E-state index in [9.17, 15) is 4.39 Å². The molecule has 0 aliphatic heterocycles. The van der Waals surface area contributed by atoms with Crippen LogP contribution in [0.2, 0.25) is 5.02 Å². The molecule has 0 aliphatic carbocycles. The molecule has 0 bridgehead atoms. The van der Waals surface area contributed by atoms with Crippen molar-refractivity contribution in [3.05, 3.63) is 64.4 Å². The van der Waals surface area contributed by atoms with Crippen molar-refractivity contribution in [3.63, 3.8) is 0 Å². The molecule has 0 spiro atoms. The Labute approximate surface area is 137 Å². The molecule has 7 heteroatoms. The van der Waals surface area contributed by atoms with Crippen LogP contribution in [0.5, 0.6) is 5.75 Å². The lowest BCUT2D eigenvalue weighted by Crippen LogP contribution is -2.24. The van der Waals surface area contributed by atoms with Crippen molar-refractivity contribution in [2.24, 2.45) is 10.8 Å². The molecule has 2 aromatic carbocycles. The minimum atomic E-state index is -0.306. The monoisotopic (exact) mass is 337 g/mol. The third kappa shape index (κ3) is 4.98. The molecule has 0 atom stereocenters. The number of ether oxygens (including phenoxy) is 1. The fourth-order valence-electron chi connectivity index (χ4n) is 1.70. The van der Waals surface area contributed by atoms with Crippen molar-refractivity contribution >= 4 is 35.1 Å². The van der Waals surface area contributed by atoms with Gasteiger partial charge in [0, 0.05) is 10.6 Å². The van der Waals surface area contributed by atoms with E-state index < -0.39 is 0 Å².